The molecular weight excluding hydrogens is 394 g/mol. The summed E-state index contributed by atoms with van der Waals surface area (Å²) in [7, 11) is 0. The van der Waals surface area contributed by atoms with Crippen molar-refractivity contribution >= 4 is 17.7 Å². The summed E-state index contributed by atoms with van der Waals surface area (Å²) in [5.41, 5.74) is 1.05. The molecule has 1 N–H and O–H groups in total. The monoisotopic (exact) mass is 427 g/mol. The summed E-state index contributed by atoms with van der Waals surface area (Å²) in [6.45, 7) is 5.43. The van der Waals surface area contributed by atoms with Crippen molar-refractivity contribution < 1.29 is 4.79 Å². The number of carbonyl (C=O) groups is 1. The van der Waals surface area contributed by atoms with Crippen LogP contribution in [0.15, 0.2) is 35.5 Å². The molecule has 0 atom stereocenters. The van der Waals surface area contributed by atoms with Gasteiger partial charge in [-0.3, -0.25) is 4.79 Å². The molecule has 1 aromatic heterocycles. The fourth-order valence-electron chi connectivity index (χ4n) is 4.54. The van der Waals surface area contributed by atoms with Crippen molar-refractivity contribution in [3.63, 3.8) is 0 Å². The molecule has 1 amide bonds. The zero-order valence-electron chi connectivity index (χ0n) is 17.9. The highest BCUT2D eigenvalue weighted by Crippen LogP contribution is 2.33. The molecule has 0 unspecified atom stereocenters. The fourth-order valence-corrected chi connectivity index (χ4v) is 5.18. The molecule has 1 aliphatic heterocycles. The predicted molar refractivity (Wildman–Crippen MR) is 121 cm³/mol. The minimum atomic E-state index is 0.0882. The second-order valence-corrected chi connectivity index (χ2v) is 9.34. The van der Waals surface area contributed by atoms with Gasteiger partial charge in [-0.1, -0.05) is 56.1 Å². The van der Waals surface area contributed by atoms with Crippen LogP contribution in [0.1, 0.15) is 63.6 Å². The van der Waals surface area contributed by atoms with Gasteiger partial charge in [0.25, 0.3) is 0 Å². The van der Waals surface area contributed by atoms with Crippen molar-refractivity contribution in [2.75, 3.05) is 25.4 Å². The molecule has 1 saturated heterocycles. The standard InChI is InChI=1S/C23H33N5OS/c1-2-27-15-13-19(14-16-27)24-21(29)17-30-23-25-22(18-9-5-3-6-10-18)28(26-23)20-11-7-4-8-12-20/h4,7-8,11-12,18-19H,2-3,5-6,9-10,13-17H2,1H3,(H,24,29). The van der Waals surface area contributed by atoms with E-state index >= 15 is 0 Å². The number of nitrogens with zero attached hydrogens (tertiary/aromatic N) is 4. The average molecular weight is 428 g/mol. The van der Waals surface area contributed by atoms with Gasteiger partial charge in [-0.15, -0.1) is 5.10 Å². The molecule has 0 radical (unpaired) electrons. The van der Waals surface area contributed by atoms with Crippen LogP contribution in [0, 0.1) is 0 Å². The maximum Gasteiger partial charge on any atom is 0.230 e. The lowest BCUT2D eigenvalue weighted by Crippen LogP contribution is -2.45. The Hall–Kier alpha value is -1.86. The van der Waals surface area contributed by atoms with Gasteiger partial charge in [-0.25, -0.2) is 9.67 Å². The lowest BCUT2D eigenvalue weighted by atomic mass is 9.88. The van der Waals surface area contributed by atoms with Gasteiger partial charge in [0.15, 0.2) is 0 Å². The van der Waals surface area contributed by atoms with Crippen LogP contribution in [0.2, 0.25) is 0 Å². The molecule has 6 nitrogen and oxygen atoms in total. The van der Waals surface area contributed by atoms with Crippen LogP contribution in [0.25, 0.3) is 5.69 Å². The summed E-state index contributed by atoms with van der Waals surface area (Å²) in [5.74, 6) is 1.97. The topological polar surface area (TPSA) is 63.1 Å². The Labute approximate surface area is 183 Å². The van der Waals surface area contributed by atoms with E-state index in [1.54, 1.807) is 0 Å². The molecule has 162 valence electrons. The first-order chi connectivity index (χ1) is 14.7. The van der Waals surface area contributed by atoms with Crippen molar-refractivity contribution in [3.05, 3.63) is 36.2 Å². The lowest BCUT2D eigenvalue weighted by molar-refractivity contribution is -0.119. The Balaban J connectivity index is 1.39. The number of carbonyl (C=O) groups excluding carboxylic acids is 1. The third-order valence-electron chi connectivity index (χ3n) is 6.32. The molecule has 1 aromatic carbocycles. The summed E-state index contributed by atoms with van der Waals surface area (Å²) in [4.78, 5) is 19.8. The van der Waals surface area contributed by atoms with Gasteiger partial charge in [0, 0.05) is 25.0 Å². The first-order valence-corrected chi connectivity index (χ1v) is 12.4. The Morgan fingerprint density at radius 2 is 1.83 bits per heavy atom. The van der Waals surface area contributed by atoms with Gasteiger partial charge in [-0.2, -0.15) is 0 Å². The summed E-state index contributed by atoms with van der Waals surface area (Å²) in [6.07, 6.45) is 8.25. The molecule has 2 aliphatic rings. The number of rotatable bonds is 7. The Morgan fingerprint density at radius 3 is 2.53 bits per heavy atom. The number of piperidine rings is 1. The van der Waals surface area contributed by atoms with Crippen LogP contribution in [0.4, 0.5) is 0 Å². The first-order valence-electron chi connectivity index (χ1n) is 11.4. The molecule has 0 bridgehead atoms. The summed E-state index contributed by atoms with van der Waals surface area (Å²) in [6, 6.07) is 10.5. The normalized spacial score (nSPS) is 19.1. The molecule has 1 saturated carbocycles. The Kier molecular flexibility index (Phi) is 7.44. The van der Waals surface area contributed by atoms with Crippen LogP contribution in [-0.2, 0) is 4.79 Å². The Morgan fingerprint density at radius 1 is 1.10 bits per heavy atom. The first kappa shape index (κ1) is 21.4. The lowest BCUT2D eigenvalue weighted by Gasteiger charge is -2.31. The second kappa shape index (κ2) is 10.4. The highest BCUT2D eigenvalue weighted by Gasteiger charge is 2.24. The smallest absolute Gasteiger partial charge is 0.230 e. The molecule has 2 fully saturated rings. The summed E-state index contributed by atoms with van der Waals surface area (Å²) in [5, 5.41) is 8.68. The number of amides is 1. The van der Waals surface area contributed by atoms with E-state index in [1.807, 2.05) is 22.9 Å². The summed E-state index contributed by atoms with van der Waals surface area (Å²) >= 11 is 1.45. The zero-order valence-corrected chi connectivity index (χ0v) is 18.7. The van der Waals surface area contributed by atoms with Gasteiger partial charge in [-0.05, 0) is 44.4 Å². The molecular formula is C23H33N5OS. The number of likely N-dealkylation sites (tertiary alicyclic amines) is 1. The number of hydrogen-bond donors (Lipinski definition) is 1. The van der Waals surface area contributed by atoms with E-state index in [0.717, 1.165) is 44.0 Å². The van der Waals surface area contributed by atoms with Gasteiger partial charge in [0.1, 0.15) is 5.82 Å². The number of nitrogens with one attached hydrogen (secondary N) is 1. The highest BCUT2D eigenvalue weighted by molar-refractivity contribution is 7.99. The maximum atomic E-state index is 12.5. The number of benzene rings is 1. The number of para-hydroxylation sites is 1. The molecule has 2 aromatic rings. The van der Waals surface area contributed by atoms with Crippen molar-refractivity contribution in [2.45, 2.75) is 69.0 Å². The number of thioether (sulfide) groups is 1. The minimum Gasteiger partial charge on any atom is -0.353 e. The van der Waals surface area contributed by atoms with Crippen molar-refractivity contribution in [1.82, 2.24) is 25.0 Å². The highest BCUT2D eigenvalue weighted by atomic mass is 32.2. The zero-order chi connectivity index (χ0) is 20.8. The van der Waals surface area contributed by atoms with Crippen molar-refractivity contribution in [2.24, 2.45) is 0 Å². The van der Waals surface area contributed by atoms with Crippen LogP contribution >= 0.6 is 11.8 Å². The van der Waals surface area contributed by atoms with E-state index in [0.29, 0.717) is 22.9 Å². The molecule has 0 spiro atoms. The van der Waals surface area contributed by atoms with E-state index in [4.69, 9.17) is 10.1 Å². The van der Waals surface area contributed by atoms with E-state index < -0.39 is 0 Å². The predicted octanol–water partition coefficient (Wildman–Crippen LogP) is 4.01. The van der Waals surface area contributed by atoms with Gasteiger partial charge >= 0.3 is 0 Å². The van der Waals surface area contributed by atoms with Gasteiger partial charge in [0.2, 0.25) is 11.1 Å². The largest absolute Gasteiger partial charge is 0.353 e. The van der Waals surface area contributed by atoms with E-state index in [-0.39, 0.29) is 5.91 Å². The third-order valence-corrected chi connectivity index (χ3v) is 7.15. The second-order valence-electron chi connectivity index (χ2n) is 8.40. The van der Waals surface area contributed by atoms with E-state index in [9.17, 15) is 4.79 Å². The third kappa shape index (κ3) is 5.43. The minimum absolute atomic E-state index is 0.0882. The number of hydrogen-bond acceptors (Lipinski definition) is 5. The molecule has 7 heteroatoms. The van der Waals surface area contributed by atoms with Crippen LogP contribution in [0.3, 0.4) is 0 Å². The fraction of sp³-hybridized carbons (Fsp3) is 0.609. The number of aromatic nitrogens is 3. The molecule has 2 heterocycles. The molecule has 4 rings (SSSR count). The van der Waals surface area contributed by atoms with Gasteiger partial charge < -0.3 is 10.2 Å². The average Bonchev–Trinajstić information content (AvgIpc) is 3.24. The summed E-state index contributed by atoms with van der Waals surface area (Å²) < 4.78 is 2.00. The Bertz CT molecular complexity index is 810. The quantitative estimate of drug-likeness (QED) is 0.677. The van der Waals surface area contributed by atoms with Crippen molar-refractivity contribution in [3.8, 4) is 5.69 Å². The van der Waals surface area contributed by atoms with Crippen LogP contribution in [0.5, 0.6) is 0 Å². The molecule has 1 aliphatic carbocycles. The SMILES string of the molecule is CCN1CCC(NC(=O)CSc2nc(C3CCCCC3)n(-c3ccccc3)n2)CC1. The van der Waals surface area contributed by atoms with Crippen molar-refractivity contribution in [1.29, 1.82) is 0 Å². The van der Waals surface area contributed by atoms with Gasteiger partial charge in [0.05, 0.1) is 11.4 Å². The molecule has 30 heavy (non-hydrogen) atoms. The van der Waals surface area contributed by atoms with E-state index in [2.05, 4.69) is 29.3 Å². The maximum absolute atomic E-state index is 12.5. The van der Waals surface area contributed by atoms with E-state index in [1.165, 1.54) is 43.9 Å². The van der Waals surface area contributed by atoms with Crippen LogP contribution in [-0.4, -0.2) is 57.0 Å². The van der Waals surface area contributed by atoms with Crippen LogP contribution < -0.4 is 5.32 Å².